The van der Waals surface area contributed by atoms with E-state index in [0.29, 0.717) is 19.8 Å². The van der Waals surface area contributed by atoms with Crippen molar-refractivity contribution in [2.24, 2.45) is 5.73 Å². The second kappa shape index (κ2) is 9.00. The molecule has 0 aromatic heterocycles. The molecular weight excluding hydrogens is 262 g/mol. The van der Waals surface area contributed by atoms with Crippen molar-refractivity contribution in [2.75, 3.05) is 32.8 Å². The van der Waals surface area contributed by atoms with Crippen LogP contribution in [0, 0.1) is 0 Å². The number of ether oxygens (including phenoxy) is 1. The smallest absolute Gasteiger partial charge is 0.263 e. The van der Waals surface area contributed by atoms with Crippen LogP contribution in [0.1, 0.15) is 37.4 Å². The first-order valence-corrected chi connectivity index (χ1v) is 7.03. The minimum atomic E-state index is -2.45. The van der Waals surface area contributed by atoms with Crippen LogP contribution in [-0.4, -0.2) is 37.7 Å². The van der Waals surface area contributed by atoms with Gasteiger partial charge in [-0.15, -0.1) is 0 Å². The van der Waals surface area contributed by atoms with E-state index in [0.717, 1.165) is 18.7 Å². The van der Waals surface area contributed by atoms with Crippen molar-refractivity contribution in [1.82, 2.24) is 4.90 Å². The van der Waals surface area contributed by atoms with Crippen LogP contribution in [-0.2, 0) is 4.74 Å². The molecule has 0 bridgehead atoms. The van der Waals surface area contributed by atoms with E-state index in [2.05, 4.69) is 4.90 Å². The summed E-state index contributed by atoms with van der Waals surface area (Å²) in [7, 11) is 0. The van der Waals surface area contributed by atoms with Crippen LogP contribution in [0.4, 0.5) is 8.78 Å². The highest BCUT2D eigenvalue weighted by Crippen LogP contribution is 2.25. The summed E-state index contributed by atoms with van der Waals surface area (Å²) in [5.74, 6) is 0. The molecular formula is C15H24F2N2O. The van der Waals surface area contributed by atoms with E-state index in [-0.39, 0.29) is 11.6 Å². The highest BCUT2D eigenvalue weighted by Gasteiger charge is 2.19. The van der Waals surface area contributed by atoms with Gasteiger partial charge in [0.1, 0.15) is 0 Å². The Morgan fingerprint density at radius 3 is 2.50 bits per heavy atom. The van der Waals surface area contributed by atoms with Gasteiger partial charge in [0.25, 0.3) is 6.43 Å². The Kier molecular flexibility index (Phi) is 7.65. The summed E-state index contributed by atoms with van der Waals surface area (Å²) in [6, 6.07) is 6.45. The minimum Gasteiger partial charge on any atom is -0.380 e. The second-order valence-electron chi connectivity index (χ2n) is 4.55. The molecule has 3 nitrogen and oxygen atoms in total. The Morgan fingerprint density at radius 2 is 1.95 bits per heavy atom. The largest absolute Gasteiger partial charge is 0.380 e. The molecule has 1 rings (SSSR count). The molecule has 0 spiro atoms. The van der Waals surface area contributed by atoms with Crippen molar-refractivity contribution in [2.45, 2.75) is 26.3 Å². The highest BCUT2D eigenvalue weighted by atomic mass is 19.3. The van der Waals surface area contributed by atoms with Crippen LogP contribution >= 0.6 is 0 Å². The molecule has 0 saturated carbocycles. The normalized spacial score (nSPS) is 13.2. The maximum absolute atomic E-state index is 12.8. The molecule has 114 valence electrons. The molecule has 1 unspecified atom stereocenters. The summed E-state index contributed by atoms with van der Waals surface area (Å²) < 4.78 is 30.9. The van der Waals surface area contributed by atoms with Crippen LogP contribution in [0.2, 0.25) is 0 Å². The summed E-state index contributed by atoms with van der Waals surface area (Å²) in [5, 5.41) is 0. The van der Waals surface area contributed by atoms with Crippen LogP contribution in [0.5, 0.6) is 0 Å². The third-order valence-electron chi connectivity index (χ3n) is 3.34. The standard InChI is InChI=1S/C15H24F2N2O/c1-3-19(8-9-20-4-2)14(11-18)12-6-5-7-13(10-12)15(16)17/h5-7,10,14-15H,3-4,8-9,11,18H2,1-2H3. The fourth-order valence-corrected chi connectivity index (χ4v) is 2.26. The van der Waals surface area contributed by atoms with E-state index in [1.807, 2.05) is 19.9 Å². The maximum atomic E-state index is 12.8. The number of nitrogens with zero attached hydrogens (tertiary/aromatic N) is 1. The first-order chi connectivity index (χ1) is 9.63. The Labute approximate surface area is 119 Å². The number of likely N-dealkylation sites (N-methyl/N-ethyl adjacent to an activating group) is 1. The number of nitrogens with two attached hydrogens (primary N) is 1. The number of halogens is 2. The Balaban J connectivity index is 2.84. The van der Waals surface area contributed by atoms with Crippen molar-refractivity contribution < 1.29 is 13.5 Å². The molecule has 5 heteroatoms. The zero-order valence-electron chi connectivity index (χ0n) is 12.2. The first kappa shape index (κ1) is 17.0. The monoisotopic (exact) mass is 286 g/mol. The van der Waals surface area contributed by atoms with Crippen molar-refractivity contribution >= 4 is 0 Å². The number of rotatable bonds is 9. The van der Waals surface area contributed by atoms with Gasteiger partial charge in [0, 0.05) is 31.3 Å². The topological polar surface area (TPSA) is 38.5 Å². The van der Waals surface area contributed by atoms with Crippen LogP contribution in [0.3, 0.4) is 0 Å². The molecule has 0 heterocycles. The third kappa shape index (κ3) is 4.81. The fraction of sp³-hybridized carbons (Fsp3) is 0.600. The second-order valence-corrected chi connectivity index (χ2v) is 4.55. The molecule has 1 aromatic rings. The van der Waals surface area contributed by atoms with Gasteiger partial charge in [-0.25, -0.2) is 8.78 Å². The molecule has 0 aliphatic rings. The predicted octanol–water partition coefficient (Wildman–Crippen LogP) is 2.98. The quantitative estimate of drug-likeness (QED) is 0.709. The molecule has 0 aliphatic carbocycles. The SMILES string of the molecule is CCOCCN(CC)C(CN)c1cccc(C(F)F)c1. The first-order valence-electron chi connectivity index (χ1n) is 7.03. The summed E-state index contributed by atoms with van der Waals surface area (Å²) in [6.45, 7) is 7.21. The predicted molar refractivity (Wildman–Crippen MR) is 76.9 cm³/mol. The van der Waals surface area contributed by atoms with Gasteiger partial charge in [0.05, 0.1) is 6.61 Å². The summed E-state index contributed by atoms with van der Waals surface area (Å²) in [6.07, 6.45) is -2.45. The highest BCUT2D eigenvalue weighted by molar-refractivity contribution is 5.27. The molecule has 1 aromatic carbocycles. The van der Waals surface area contributed by atoms with Crippen LogP contribution in [0.25, 0.3) is 0 Å². The maximum Gasteiger partial charge on any atom is 0.263 e. The average molecular weight is 286 g/mol. The van der Waals surface area contributed by atoms with Gasteiger partial charge in [0.2, 0.25) is 0 Å². The van der Waals surface area contributed by atoms with Crippen LogP contribution in [0.15, 0.2) is 24.3 Å². The lowest BCUT2D eigenvalue weighted by atomic mass is 10.0. The molecule has 0 amide bonds. The fourth-order valence-electron chi connectivity index (χ4n) is 2.26. The Bertz CT molecular complexity index is 388. The van der Waals surface area contributed by atoms with Gasteiger partial charge in [-0.05, 0) is 25.1 Å². The minimum absolute atomic E-state index is 0.0433. The van der Waals surface area contributed by atoms with Crippen molar-refractivity contribution in [1.29, 1.82) is 0 Å². The van der Waals surface area contributed by atoms with Gasteiger partial charge in [0.15, 0.2) is 0 Å². The van der Waals surface area contributed by atoms with Gasteiger partial charge in [-0.2, -0.15) is 0 Å². The molecule has 20 heavy (non-hydrogen) atoms. The number of alkyl halides is 2. The Morgan fingerprint density at radius 1 is 1.25 bits per heavy atom. The lowest BCUT2D eigenvalue weighted by Gasteiger charge is -2.30. The molecule has 2 N–H and O–H groups in total. The van der Waals surface area contributed by atoms with E-state index in [1.165, 1.54) is 6.07 Å². The van der Waals surface area contributed by atoms with Crippen molar-refractivity contribution in [3.8, 4) is 0 Å². The average Bonchev–Trinajstić information content (AvgIpc) is 2.46. The molecule has 1 atom stereocenters. The lowest BCUT2D eigenvalue weighted by molar-refractivity contribution is 0.0978. The number of hydrogen-bond donors (Lipinski definition) is 1. The molecule has 0 fully saturated rings. The summed E-state index contributed by atoms with van der Waals surface area (Å²) in [4.78, 5) is 2.15. The number of hydrogen-bond acceptors (Lipinski definition) is 3. The summed E-state index contributed by atoms with van der Waals surface area (Å²) in [5.41, 5.74) is 6.72. The van der Waals surface area contributed by atoms with E-state index >= 15 is 0 Å². The zero-order chi connectivity index (χ0) is 15.0. The Hall–Kier alpha value is -1.04. The zero-order valence-corrected chi connectivity index (χ0v) is 12.2. The number of benzene rings is 1. The van der Waals surface area contributed by atoms with Gasteiger partial charge in [-0.1, -0.05) is 25.1 Å². The van der Waals surface area contributed by atoms with E-state index in [1.54, 1.807) is 12.1 Å². The van der Waals surface area contributed by atoms with Gasteiger partial charge >= 0.3 is 0 Å². The summed E-state index contributed by atoms with van der Waals surface area (Å²) >= 11 is 0. The van der Waals surface area contributed by atoms with Crippen molar-refractivity contribution in [3.05, 3.63) is 35.4 Å². The molecule has 0 aliphatic heterocycles. The van der Waals surface area contributed by atoms with E-state index < -0.39 is 6.43 Å². The van der Waals surface area contributed by atoms with Crippen molar-refractivity contribution in [3.63, 3.8) is 0 Å². The lowest BCUT2D eigenvalue weighted by Crippen LogP contribution is -2.36. The van der Waals surface area contributed by atoms with Crippen LogP contribution < -0.4 is 5.73 Å². The van der Waals surface area contributed by atoms with Gasteiger partial charge in [-0.3, -0.25) is 4.90 Å². The van der Waals surface area contributed by atoms with E-state index in [9.17, 15) is 8.78 Å². The van der Waals surface area contributed by atoms with E-state index in [4.69, 9.17) is 10.5 Å². The third-order valence-corrected chi connectivity index (χ3v) is 3.34. The van der Waals surface area contributed by atoms with Gasteiger partial charge < -0.3 is 10.5 Å². The molecule has 0 saturated heterocycles. The molecule has 0 radical (unpaired) electrons.